The van der Waals surface area contributed by atoms with Crippen LogP contribution in [0.4, 0.5) is 11.8 Å². The zero-order valence-electron chi connectivity index (χ0n) is 16.4. The molecule has 1 fully saturated rings. The summed E-state index contributed by atoms with van der Waals surface area (Å²) in [5.41, 5.74) is 5.12. The Hall–Kier alpha value is -2.92. The molecule has 1 saturated heterocycles. The summed E-state index contributed by atoms with van der Waals surface area (Å²) >= 11 is 0. The number of hydrogen-bond acceptors (Lipinski definition) is 5. The van der Waals surface area contributed by atoms with Gasteiger partial charge in [-0.3, -0.25) is 0 Å². The Morgan fingerprint density at radius 2 is 1.93 bits per heavy atom. The average Bonchev–Trinajstić information content (AvgIpc) is 2.76. The summed E-state index contributed by atoms with van der Waals surface area (Å²) in [6.45, 7) is 7.19. The quantitative estimate of drug-likeness (QED) is 0.722. The summed E-state index contributed by atoms with van der Waals surface area (Å²) in [6.07, 6.45) is 1.82. The number of morpholine rings is 1. The van der Waals surface area contributed by atoms with E-state index < -0.39 is 0 Å². The summed E-state index contributed by atoms with van der Waals surface area (Å²) in [7, 11) is 0. The van der Waals surface area contributed by atoms with Gasteiger partial charge >= 0.3 is 0 Å². The van der Waals surface area contributed by atoms with Gasteiger partial charge in [0, 0.05) is 19.3 Å². The van der Waals surface area contributed by atoms with Crippen molar-refractivity contribution in [3.8, 4) is 0 Å². The van der Waals surface area contributed by atoms with Crippen LogP contribution in [-0.4, -0.2) is 29.7 Å². The topological polar surface area (TPSA) is 50.3 Å². The molecule has 1 aromatic heterocycles. The molecule has 4 rings (SSSR count). The van der Waals surface area contributed by atoms with Gasteiger partial charge in [0.15, 0.2) is 0 Å². The number of nitrogens with one attached hydrogen (secondary N) is 1. The van der Waals surface area contributed by atoms with Crippen molar-refractivity contribution < 1.29 is 4.74 Å². The summed E-state index contributed by atoms with van der Waals surface area (Å²) < 4.78 is 5.75. The van der Waals surface area contributed by atoms with Gasteiger partial charge in [0.05, 0.1) is 19.3 Å². The van der Waals surface area contributed by atoms with E-state index >= 15 is 0 Å². The molecule has 0 amide bonds. The van der Waals surface area contributed by atoms with Gasteiger partial charge in [-0.2, -0.15) is 4.98 Å². The largest absolute Gasteiger partial charge is 0.377 e. The fraction of sp³-hybridized carbons (Fsp3) is 0.304. The zero-order valence-corrected chi connectivity index (χ0v) is 16.4. The highest BCUT2D eigenvalue weighted by molar-refractivity contribution is 5.46. The molecule has 0 radical (unpaired) electrons. The van der Waals surface area contributed by atoms with Gasteiger partial charge < -0.3 is 15.0 Å². The van der Waals surface area contributed by atoms with Gasteiger partial charge in [-0.25, -0.2) is 4.98 Å². The van der Waals surface area contributed by atoms with Crippen LogP contribution in [0.25, 0.3) is 0 Å². The third kappa shape index (κ3) is 3.99. The highest BCUT2D eigenvalue weighted by Crippen LogP contribution is 2.28. The van der Waals surface area contributed by atoms with Crippen molar-refractivity contribution in [1.82, 2.24) is 9.97 Å². The van der Waals surface area contributed by atoms with Crippen LogP contribution >= 0.6 is 0 Å². The third-order valence-electron chi connectivity index (χ3n) is 5.40. The second-order valence-corrected chi connectivity index (χ2v) is 7.15. The average molecular weight is 374 g/mol. The molecule has 1 aliphatic heterocycles. The Kier molecular flexibility index (Phi) is 5.53. The minimum Gasteiger partial charge on any atom is -0.377 e. The maximum Gasteiger partial charge on any atom is 0.224 e. The van der Waals surface area contributed by atoms with Gasteiger partial charge in [0.25, 0.3) is 0 Å². The second kappa shape index (κ2) is 8.40. The molecule has 2 heterocycles. The molecule has 1 N–H and O–H groups in total. The lowest BCUT2D eigenvalue weighted by Gasteiger charge is -2.36. The Labute approximate surface area is 166 Å². The molecule has 3 aromatic rings. The Morgan fingerprint density at radius 1 is 1.07 bits per heavy atom. The molecule has 0 aliphatic carbocycles. The Bertz CT molecular complexity index is 929. The van der Waals surface area contributed by atoms with Crippen molar-refractivity contribution in [3.05, 3.63) is 83.0 Å². The van der Waals surface area contributed by atoms with Crippen molar-refractivity contribution in [2.45, 2.75) is 26.4 Å². The molecule has 28 heavy (non-hydrogen) atoms. The first-order valence-electron chi connectivity index (χ1n) is 9.74. The summed E-state index contributed by atoms with van der Waals surface area (Å²) in [5.74, 6) is 1.58. The number of rotatable bonds is 5. The first kappa shape index (κ1) is 18.4. The third-order valence-corrected chi connectivity index (χ3v) is 5.40. The van der Waals surface area contributed by atoms with E-state index in [0.29, 0.717) is 25.7 Å². The summed E-state index contributed by atoms with van der Waals surface area (Å²) in [5, 5.41) is 3.38. The smallest absolute Gasteiger partial charge is 0.224 e. The van der Waals surface area contributed by atoms with Crippen LogP contribution < -0.4 is 10.2 Å². The SMILES string of the molecule is Cc1cccc(CNc2nccc(N3CCOCC3c3ccccc3)n2)c1C. The van der Waals surface area contributed by atoms with Gasteiger partial charge in [-0.15, -0.1) is 0 Å². The van der Waals surface area contributed by atoms with Crippen molar-refractivity contribution in [1.29, 1.82) is 0 Å². The molecular formula is C23H26N4O. The van der Waals surface area contributed by atoms with Gasteiger partial charge in [-0.1, -0.05) is 48.5 Å². The van der Waals surface area contributed by atoms with Gasteiger partial charge in [0.1, 0.15) is 5.82 Å². The van der Waals surface area contributed by atoms with Gasteiger partial charge in [-0.05, 0) is 42.2 Å². The van der Waals surface area contributed by atoms with E-state index in [-0.39, 0.29) is 6.04 Å². The number of ether oxygens (including phenoxy) is 1. The summed E-state index contributed by atoms with van der Waals surface area (Å²) in [4.78, 5) is 11.5. The molecule has 1 atom stereocenters. The van der Waals surface area contributed by atoms with Crippen LogP contribution in [0.3, 0.4) is 0 Å². The number of aryl methyl sites for hydroxylation is 1. The van der Waals surface area contributed by atoms with E-state index in [0.717, 1.165) is 12.4 Å². The Morgan fingerprint density at radius 3 is 2.79 bits per heavy atom. The molecule has 5 nitrogen and oxygen atoms in total. The number of nitrogens with zero attached hydrogens (tertiary/aromatic N) is 3. The van der Waals surface area contributed by atoms with Gasteiger partial charge in [0.2, 0.25) is 5.95 Å². The van der Waals surface area contributed by atoms with Crippen molar-refractivity contribution in [2.24, 2.45) is 0 Å². The maximum absolute atomic E-state index is 5.75. The molecule has 0 bridgehead atoms. The minimum absolute atomic E-state index is 0.164. The van der Waals surface area contributed by atoms with Crippen LogP contribution in [0.1, 0.15) is 28.3 Å². The van der Waals surface area contributed by atoms with E-state index in [2.05, 4.69) is 71.5 Å². The molecule has 144 valence electrons. The minimum atomic E-state index is 0.164. The first-order chi connectivity index (χ1) is 13.7. The highest BCUT2D eigenvalue weighted by Gasteiger charge is 2.25. The molecule has 1 unspecified atom stereocenters. The second-order valence-electron chi connectivity index (χ2n) is 7.15. The standard InChI is InChI=1S/C23H26N4O/c1-17-7-6-10-20(18(17)2)15-25-23-24-12-11-22(26-23)27-13-14-28-16-21(27)19-8-4-3-5-9-19/h3-12,21H,13-16H2,1-2H3,(H,24,25,26). The van der Waals surface area contributed by atoms with E-state index in [1.165, 1.54) is 22.3 Å². The van der Waals surface area contributed by atoms with Crippen molar-refractivity contribution in [2.75, 3.05) is 30.0 Å². The predicted octanol–water partition coefficient (Wildman–Crippen LogP) is 4.28. The van der Waals surface area contributed by atoms with Crippen LogP contribution in [0.5, 0.6) is 0 Å². The number of anilines is 2. The van der Waals surface area contributed by atoms with E-state index in [4.69, 9.17) is 9.72 Å². The fourth-order valence-corrected chi connectivity index (χ4v) is 3.60. The molecule has 5 heteroatoms. The van der Waals surface area contributed by atoms with E-state index in [1.807, 2.05) is 18.3 Å². The molecular weight excluding hydrogens is 348 g/mol. The summed E-state index contributed by atoms with van der Waals surface area (Å²) in [6, 6.07) is 19.0. The van der Waals surface area contributed by atoms with Crippen LogP contribution in [0.2, 0.25) is 0 Å². The van der Waals surface area contributed by atoms with E-state index in [1.54, 1.807) is 0 Å². The van der Waals surface area contributed by atoms with Crippen LogP contribution in [0, 0.1) is 13.8 Å². The maximum atomic E-state index is 5.75. The molecule has 1 aliphatic rings. The monoisotopic (exact) mass is 374 g/mol. The Balaban J connectivity index is 1.53. The number of hydrogen-bond donors (Lipinski definition) is 1. The molecule has 0 saturated carbocycles. The predicted molar refractivity (Wildman–Crippen MR) is 113 cm³/mol. The lowest BCUT2D eigenvalue weighted by Crippen LogP contribution is -2.40. The lowest BCUT2D eigenvalue weighted by atomic mass is 10.0. The van der Waals surface area contributed by atoms with Crippen LogP contribution in [0.15, 0.2) is 60.8 Å². The first-order valence-corrected chi connectivity index (χ1v) is 9.74. The number of benzene rings is 2. The van der Waals surface area contributed by atoms with Crippen molar-refractivity contribution >= 4 is 11.8 Å². The van der Waals surface area contributed by atoms with Crippen molar-refractivity contribution in [3.63, 3.8) is 0 Å². The zero-order chi connectivity index (χ0) is 19.3. The highest BCUT2D eigenvalue weighted by atomic mass is 16.5. The van der Waals surface area contributed by atoms with E-state index in [9.17, 15) is 0 Å². The molecule has 2 aromatic carbocycles. The number of aromatic nitrogens is 2. The normalized spacial score (nSPS) is 16.8. The molecule has 0 spiro atoms. The van der Waals surface area contributed by atoms with Crippen LogP contribution in [-0.2, 0) is 11.3 Å². The fourth-order valence-electron chi connectivity index (χ4n) is 3.60. The lowest BCUT2D eigenvalue weighted by molar-refractivity contribution is 0.0937.